The highest BCUT2D eigenvalue weighted by atomic mass is 32.2. The van der Waals surface area contributed by atoms with Crippen molar-refractivity contribution in [3.05, 3.63) is 60.0 Å². The maximum Gasteiger partial charge on any atom is 0.242 e. The Morgan fingerprint density at radius 2 is 1.86 bits per heavy atom. The molecule has 0 spiro atoms. The molecule has 0 atom stereocenters. The molecule has 1 aromatic heterocycles. The lowest BCUT2D eigenvalue weighted by molar-refractivity contribution is 0.306. The topological polar surface area (TPSA) is 85.5 Å². The summed E-state index contributed by atoms with van der Waals surface area (Å²) < 4.78 is 36.8. The smallest absolute Gasteiger partial charge is 0.242 e. The molecule has 0 bridgehead atoms. The van der Waals surface area contributed by atoms with Crippen LogP contribution in [-0.4, -0.2) is 37.0 Å². The standard InChI is InChI=1S/C21H25N3O4S/c1-4-5-9-20-22-21(23-28-20)17-10-12-18(13-11-17)27-15-16-7-6-8-19(14-16)29(25,26)24(2)3/h6-8,10-14H,4-5,9,15H2,1-3H3. The summed E-state index contributed by atoms with van der Waals surface area (Å²) in [6.07, 6.45) is 2.88. The van der Waals surface area contributed by atoms with Gasteiger partial charge in [0.1, 0.15) is 12.4 Å². The zero-order valence-electron chi connectivity index (χ0n) is 16.8. The third-order valence-electron chi connectivity index (χ3n) is 4.41. The van der Waals surface area contributed by atoms with E-state index >= 15 is 0 Å². The number of ether oxygens (including phenoxy) is 1. The number of aromatic nitrogens is 2. The second kappa shape index (κ2) is 9.19. The van der Waals surface area contributed by atoms with Crippen molar-refractivity contribution in [3.63, 3.8) is 0 Å². The van der Waals surface area contributed by atoms with E-state index in [1.807, 2.05) is 30.3 Å². The van der Waals surface area contributed by atoms with Crippen molar-refractivity contribution in [2.75, 3.05) is 14.1 Å². The second-order valence-corrected chi connectivity index (χ2v) is 9.01. The minimum atomic E-state index is -3.47. The summed E-state index contributed by atoms with van der Waals surface area (Å²) >= 11 is 0. The van der Waals surface area contributed by atoms with Crippen LogP contribution in [0.4, 0.5) is 0 Å². The number of unbranched alkanes of at least 4 members (excludes halogenated alkanes) is 1. The molecular weight excluding hydrogens is 390 g/mol. The number of nitrogens with zero attached hydrogens (tertiary/aromatic N) is 3. The van der Waals surface area contributed by atoms with E-state index < -0.39 is 10.0 Å². The van der Waals surface area contributed by atoms with Gasteiger partial charge in [-0.2, -0.15) is 4.98 Å². The number of aryl methyl sites for hydroxylation is 1. The van der Waals surface area contributed by atoms with Crippen molar-refractivity contribution in [1.82, 2.24) is 14.4 Å². The van der Waals surface area contributed by atoms with E-state index in [0.717, 1.165) is 30.4 Å². The van der Waals surface area contributed by atoms with Gasteiger partial charge in [-0.1, -0.05) is 30.6 Å². The van der Waals surface area contributed by atoms with Gasteiger partial charge in [0.2, 0.25) is 21.7 Å². The number of benzene rings is 2. The van der Waals surface area contributed by atoms with Crippen molar-refractivity contribution >= 4 is 10.0 Å². The lowest BCUT2D eigenvalue weighted by Gasteiger charge is -2.12. The van der Waals surface area contributed by atoms with E-state index in [0.29, 0.717) is 17.5 Å². The van der Waals surface area contributed by atoms with Crippen LogP contribution in [-0.2, 0) is 23.1 Å². The van der Waals surface area contributed by atoms with Gasteiger partial charge < -0.3 is 9.26 Å². The predicted molar refractivity (Wildman–Crippen MR) is 110 cm³/mol. The van der Waals surface area contributed by atoms with Gasteiger partial charge in [-0.15, -0.1) is 0 Å². The van der Waals surface area contributed by atoms with Crippen molar-refractivity contribution in [1.29, 1.82) is 0 Å². The Morgan fingerprint density at radius 1 is 1.10 bits per heavy atom. The highest BCUT2D eigenvalue weighted by Crippen LogP contribution is 2.22. The maximum atomic E-state index is 12.3. The average Bonchev–Trinajstić information content (AvgIpc) is 3.20. The van der Waals surface area contributed by atoms with Crippen molar-refractivity contribution < 1.29 is 17.7 Å². The molecule has 29 heavy (non-hydrogen) atoms. The van der Waals surface area contributed by atoms with Gasteiger partial charge in [0.25, 0.3) is 0 Å². The molecule has 0 saturated carbocycles. The van der Waals surface area contributed by atoms with E-state index in [9.17, 15) is 8.42 Å². The largest absolute Gasteiger partial charge is 0.489 e. The molecule has 3 rings (SSSR count). The summed E-state index contributed by atoms with van der Waals surface area (Å²) in [5.41, 5.74) is 1.62. The molecule has 2 aromatic carbocycles. The lowest BCUT2D eigenvalue weighted by atomic mass is 10.2. The third kappa shape index (κ3) is 5.21. The SMILES string of the molecule is CCCCc1nc(-c2ccc(OCc3cccc(S(=O)(=O)N(C)C)c3)cc2)no1. The molecule has 0 fully saturated rings. The molecule has 8 heteroatoms. The summed E-state index contributed by atoms with van der Waals surface area (Å²) in [5, 5.41) is 4.02. The fourth-order valence-electron chi connectivity index (χ4n) is 2.68. The van der Waals surface area contributed by atoms with E-state index in [4.69, 9.17) is 9.26 Å². The van der Waals surface area contributed by atoms with Crippen LogP contribution in [0.3, 0.4) is 0 Å². The average molecular weight is 416 g/mol. The number of hydrogen-bond acceptors (Lipinski definition) is 6. The molecule has 154 valence electrons. The summed E-state index contributed by atoms with van der Waals surface area (Å²) in [7, 11) is -0.447. The fourth-order valence-corrected chi connectivity index (χ4v) is 3.65. The maximum absolute atomic E-state index is 12.3. The molecule has 0 radical (unpaired) electrons. The highest BCUT2D eigenvalue weighted by Gasteiger charge is 2.17. The third-order valence-corrected chi connectivity index (χ3v) is 6.22. The van der Waals surface area contributed by atoms with Gasteiger partial charge in [0, 0.05) is 26.1 Å². The van der Waals surface area contributed by atoms with Crippen LogP contribution in [0.25, 0.3) is 11.4 Å². The quantitative estimate of drug-likeness (QED) is 0.527. The summed E-state index contributed by atoms with van der Waals surface area (Å²) in [6, 6.07) is 14.2. The molecule has 0 amide bonds. The van der Waals surface area contributed by atoms with Crippen molar-refractivity contribution in [2.45, 2.75) is 37.7 Å². The van der Waals surface area contributed by atoms with Crippen molar-refractivity contribution in [3.8, 4) is 17.1 Å². The number of sulfonamides is 1. The lowest BCUT2D eigenvalue weighted by Crippen LogP contribution is -2.22. The first-order valence-corrected chi connectivity index (χ1v) is 10.9. The van der Waals surface area contributed by atoms with E-state index in [2.05, 4.69) is 17.1 Å². The predicted octanol–water partition coefficient (Wildman–Crippen LogP) is 3.91. The Bertz CT molecular complexity index is 1040. The van der Waals surface area contributed by atoms with E-state index in [1.54, 1.807) is 18.2 Å². The molecule has 1 heterocycles. The van der Waals surface area contributed by atoms with E-state index in [-0.39, 0.29) is 11.5 Å². The summed E-state index contributed by atoms with van der Waals surface area (Å²) in [6.45, 7) is 2.38. The minimum Gasteiger partial charge on any atom is -0.489 e. The van der Waals surface area contributed by atoms with Crippen LogP contribution in [0.5, 0.6) is 5.75 Å². The van der Waals surface area contributed by atoms with Gasteiger partial charge in [-0.3, -0.25) is 0 Å². The second-order valence-electron chi connectivity index (χ2n) is 6.86. The van der Waals surface area contributed by atoms with Gasteiger partial charge in [0.05, 0.1) is 4.90 Å². The molecule has 0 saturated heterocycles. The number of hydrogen-bond donors (Lipinski definition) is 0. The first kappa shape index (κ1) is 21.0. The minimum absolute atomic E-state index is 0.245. The first-order valence-electron chi connectivity index (χ1n) is 9.47. The number of rotatable bonds is 9. The molecule has 7 nitrogen and oxygen atoms in total. The summed E-state index contributed by atoms with van der Waals surface area (Å²) in [5.74, 6) is 1.88. The van der Waals surface area contributed by atoms with Gasteiger partial charge in [-0.25, -0.2) is 12.7 Å². The van der Waals surface area contributed by atoms with Crippen LogP contribution >= 0.6 is 0 Å². The molecule has 0 N–H and O–H groups in total. The Hall–Kier alpha value is -2.71. The molecule has 0 aliphatic rings. The first-order chi connectivity index (χ1) is 13.9. The molecular formula is C21H25N3O4S. The van der Waals surface area contributed by atoms with Crippen LogP contribution in [0, 0.1) is 0 Å². The zero-order chi connectivity index (χ0) is 20.9. The molecule has 0 aliphatic carbocycles. The van der Waals surface area contributed by atoms with Crippen LogP contribution < -0.4 is 4.74 Å². The monoisotopic (exact) mass is 415 g/mol. The Kier molecular flexibility index (Phi) is 6.66. The Labute approximate surface area is 171 Å². The molecule has 3 aromatic rings. The Morgan fingerprint density at radius 3 is 2.55 bits per heavy atom. The Balaban J connectivity index is 1.64. The van der Waals surface area contributed by atoms with E-state index in [1.165, 1.54) is 18.4 Å². The van der Waals surface area contributed by atoms with Crippen LogP contribution in [0.2, 0.25) is 0 Å². The normalized spacial score (nSPS) is 11.7. The van der Waals surface area contributed by atoms with Gasteiger partial charge in [-0.05, 0) is 48.4 Å². The molecule has 0 aliphatic heterocycles. The van der Waals surface area contributed by atoms with Crippen molar-refractivity contribution in [2.24, 2.45) is 0 Å². The van der Waals surface area contributed by atoms with Gasteiger partial charge in [0.15, 0.2) is 0 Å². The zero-order valence-corrected chi connectivity index (χ0v) is 17.6. The summed E-state index contributed by atoms with van der Waals surface area (Å²) in [4.78, 5) is 4.65. The fraction of sp³-hybridized carbons (Fsp3) is 0.333. The van der Waals surface area contributed by atoms with Crippen LogP contribution in [0.1, 0.15) is 31.2 Å². The molecule has 0 unspecified atom stereocenters. The van der Waals surface area contributed by atoms with Crippen LogP contribution in [0.15, 0.2) is 57.9 Å². The highest BCUT2D eigenvalue weighted by molar-refractivity contribution is 7.89. The van der Waals surface area contributed by atoms with Gasteiger partial charge >= 0.3 is 0 Å².